The third-order valence-corrected chi connectivity index (χ3v) is 7.58. The predicted octanol–water partition coefficient (Wildman–Crippen LogP) is 2.95. The van der Waals surface area contributed by atoms with Crippen molar-refractivity contribution in [1.29, 1.82) is 0 Å². The van der Waals surface area contributed by atoms with Gasteiger partial charge in [0.05, 0.1) is 0 Å². The highest BCUT2D eigenvalue weighted by Crippen LogP contribution is 2.61. The standard InChI is InChI=1S/C16H29NOS/c1-11(19(3)18)10-17-12(2)16-7-13-4-14(8-16)6-15(5-13)9-16/h11-15,17H,4-10H2,1-3H3. The van der Waals surface area contributed by atoms with Gasteiger partial charge in [0.15, 0.2) is 0 Å². The van der Waals surface area contributed by atoms with Crippen molar-refractivity contribution in [3.05, 3.63) is 0 Å². The molecule has 4 bridgehead atoms. The summed E-state index contributed by atoms with van der Waals surface area (Å²) >= 11 is 0. The van der Waals surface area contributed by atoms with Gasteiger partial charge in [-0.2, -0.15) is 0 Å². The zero-order valence-electron chi connectivity index (χ0n) is 12.7. The van der Waals surface area contributed by atoms with Crippen LogP contribution in [0.25, 0.3) is 0 Å². The monoisotopic (exact) mass is 283 g/mol. The smallest absolute Gasteiger partial charge is 0.0441 e. The first-order valence-corrected chi connectivity index (χ1v) is 9.66. The molecule has 3 atom stereocenters. The minimum atomic E-state index is -0.701. The van der Waals surface area contributed by atoms with Crippen molar-refractivity contribution < 1.29 is 4.21 Å². The molecule has 19 heavy (non-hydrogen) atoms. The van der Waals surface area contributed by atoms with Gasteiger partial charge in [-0.3, -0.25) is 4.21 Å². The fourth-order valence-electron chi connectivity index (χ4n) is 5.38. The second kappa shape index (κ2) is 5.14. The minimum absolute atomic E-state index is 0.274. The quantitative estimate of drug-likeness (QED) is 0.840. The van der Waals surface area contributed by atoms with Crippen LogP contribution in [0.5, 0.6) is 0 Å². The maximum atomic E-state index is 11.5. The Morgan fingerprint density at radius 2 is 1.58 bits per heavy atom. The molecule has 4 aliphatic rings. The molecule has 110 valence electrons. The molecule has 0 heterocycles. The van der Waals surface area contributed by atoms with Crippen molar-refractivity contribution in [3.8, 4) is 0 Å². The third-order valence-electron chi connectivity index (χ3n) is 6.28. The molecule has 4 aliphatic carbocycles. The van der Waals surface area contributed by atoms with E-state index < -0.39 is 10.8 Å². The zero-order chi connectivity index (χ0) is 13.6. The Hall–Kier alpha value is 0.110. The summed E-state index contributed by atoms with van der Waals surface area (Å²) < 4.78 is 11.5. The first kappa shape index (κ1) is 14.1. The van der Waals surface area contributed by atoms with E-state index in [9.17, 15) is 4.21 Å². The summed E-state index contributed by atoms with van der Waals surface area (Å²) in [5.41, 5.74) is 0.573. The second-order valence-corrected chi connectivity index (χ2v) is 9.52. The van der Waals surface area contributed by atoms with E-state index >= 15 is 0 Å². The van der Waals surface area contributed by atoms with Crippen LogP contribution in [0.15, 0.2) is 0 Å². The predicted molar refractivity (Wildman–Crippen MR) is 81.6 cm³/mol. The summed E-state index contributed by atoms with van der Waals surface area (Å²) in [6.07, 6.45) is 10.7. The number of nitrogens with one attached hydrogen (secondary N) is 1. The topological polar surface area (TPSA) is 29.1 Å². The van der Waals surface area contributed by atoms with E-state index in [2.05, 4.69) is 19.2 Å². The molecule has 1 N–H and O–H groups in total. The zero-order valence-corrected chi connectivity index (χ0v) is 13.5. The van der Waals surface area contributed by atoms with Crippen LogP contribution in [0.2, 0.25) is 0 Å². The molecule has 0 spiro atoms. The molecular weight excluding hydrogens is 254 g/mol. The molecule has 4 rings (SSSR count). The van der Waals surface area contributed by atoms with Gasteiger partial charge in [-0.05, 0) is 75.5 Å². The van der Waals surface area contributed by atoms with Crippen LogP contribution in [0.4, 0.5) is 0 Å². The van der Waals surface area contributed by atoms with Gasteiger partial charge >= 0.3 is 0 Å². The Morgan fingerprint density at radius 3 is 2.00 bits per heavy atom. The van der Waals surface area contributed by atoms with Gasteiger partial charge in [-0.1, -0.05) is 0 Å². The molecule has 0 aliphatic heterocycles. The largest absolute Gasteiger partial charge is 0.313 e. The molecule has 0 aromatic heterocycles. The van der Waals surface area contributed by atoms with E-state index in [-0.39, 0.29) is 5.25 Å². The van der Waals surface area contributed by atoms with Crippen molar-refractivity contribution in [3.63, 3.8) is 0 Å². The van der Waals surface area contributed by atoms with Gasteiger partial charge in [0, 0.05) is 34.9 Å². The molecule has 0 aromatic rings. The third kappa shape index (κ3) is 2.65. The van der Waals surface area contributed by atoms with E-state index in [1.54, 1.807) is 0 Å². The van der Waals surface area contributed by atoms with Gasteiger partial charge in [0.25, 0.3) is 0 Å². The lowest BCUT2D eigenvalue weighted by Crippen LogP contribution is -2.55. The lowest BCUT2D eigenvalue weighted by molar-refractivity contribution is -0.0702. The van der Waals surface area contributed by atoms with Crippen LogP contribution in [0, 0.1) is 23.2 Å². The average molecular weight is 283 g/mol. The molecule has 0 amide bonds. The molecule has 0 radical (unpaired) electrons. The molecule has 3 heteroatoms. The SMILES string of the molecule is CC(CNC(C)C12CC3CC(CC(C3)C1)C2)S(C)=O. The van der Waals surface area contributed by atoms with Gasteiger partial charge in [0.2, 0.25) is 0 Å². The average Bonchev–Trinajstić information content (AvgIpc) is 2.33. The van der Waals surface area contributed by atoms with E-state index in [4.69, 9.17) is 0 Å². The maximum absolute atomic E-state index is 11.5. The minimum Gasteiger partial charge on any atom is -0.313 e. The Morgan fingerprint density at radius 1 is 1.11 bits per heavy atom. The Bertz CT molecular complexity index is 332. The van der Waals surface area contributed by atoms with E-state index in [1.165, 1.54) is 38.5 Å². The van der Waals surface area contributed by atoms with Crippen molar-refractivity contribution in [2.24, 2.45) is 23.2 Å². The molecule has 0 aromatic carbocycles. The summed E-state index contributed by atoms with van der Waals surface area (Å²) in [5, 5.41) is 4.00. The van der Waals surface area contributed by atoms with E-state index in [0.717, 1.165) is 24.3 Å². The highest BCUT2D eigenvalue weighted by atomic mass is 32.2. The normalized spacial score (nSPS) is 45.1. The number of rotatable bonds is 5. The van der Waals surface area contributed by atoms with Crippen LogP contribution in [0.3, 0.4) is 0 Å². The van der Waals surface area contributed by atoms with E-state index in [1.807, 2.05) is 6.26 Å². The van der Waals surface area contributed by atoms with Gasteiger partial charge in [-0.15, -0.1) is 0 Å². The summed E-state index contributed by atoms with van der Waals surface area (Å²) in [6.45, 7) is 5.39. The first-order valence-electron chi connectivity index (χ1n) is 8.04. The molecule has 4 fully saturated rings. The van der Waals surface area contributed by atoms with Crippen LogP contribution in [-0.4, -0.2) is 28.3 Å². The van der Waals surface area contributed by atoms with Crippen LogP contribution >= 0.6 is 0 Å². The highest BCUT2D eigenvalue weighted by molar-refractivity contribution is 7.84. The summed E-state index contributed by atoms with van der Waals surface area (Å²) in [4.78, 5) is 0. The lowest BCUT2D eigenvalue weighted by atomic mass is 9.48. The number of hydrogen-bond donors (Lipinski definition) is 1. The van der Waals surface area contributed by atoms with Crippen molar-refractivity contribution in [2.45, 2.75) is 63.7 Å². The fourth-order valence-corrected chi connectivity index (χ4v) is 5.72. The summed E-state index contributed by atoms with van der Waals surface area (Å²) in [7, 11) is -0.701. The molecule has 2 nitrogen and oxygen atoms in total. The van der Waals surface area contributed by atoms with E-state index in [0.29, 0.717) is 11.5 Å². The molecule has 0 saturated heterocycles. The lowest BCUT2D eigenvalue weighted by Gasteiger charge is -2.59. The second-order valence-electron chi connectivity index (χ2n) is 7.72. The van der Waals surface area contributed by atoms with Crippen LogP contribution in [-0.2, 0) is 10.8 Å². The highest BCUT2D eigenvalue weighted by Gasteiger charge is 2.52. The molecule has 4 saturated carbocycles. The van der Waals surface area contributed by atoms with Crippen molar-refractivity contribution >= 4 is 10.8 Å². The van der Waals surface area contributed by atoms with Gasteiger partial charge < -0.3 is 5.32 Å². The Kier molecular flexibility index (Phi) is 3.81. The first-order chi connectivity index (χ1) is 8.98. The molecule has 3 unspecified atom stereocenters. The van der Waals surface area contributed by atoms with Gasteiger partial charge in [0.1, 0.15) is 0 Å². The molecular formula is C16H29NOS. The summed E-state index contributed by atoms with van der Waals surface area (Å²) in [6, 6.07) is 0.604. The Labute approximate surface area is 120 Å². The van der Waals surface area contributed by atoms with Crippen LogP contribution in [0.1, 0.15) is 52.4 Å². The Balaban J connectivity index is 1.63. The van der Waals surface area contributed by atoms with Crippen LogP contribution < -0.4 is 5.32 Å². The maximum Gasteiger partial charge on any atom is 0.0441 e. The van der Waals surface area contributed by atoms with Crippen molar-refractivity contribution in [2.75, 3.05) is 12.8 Å². The van der Waals surface area contributed by atoms with Crippen molar-refractivity contribution in [1.82, 2.24) is 5.32 Å². The summed E-state index contributed by atoms with van der Waals surface area (Å²) in [5.74, 6) is 3.06. The fraction of sp³-hybridized carbons (Fsp3) is 1.00. The van der Waals surface area contributed by atoms with Gasteiger partial charge in [-0.25, -0.2) is 0 Å². The number of hydrogen-bond acceptors (Lipinski definition) is 2.